The summed E-state index contributed by atoms with van der Waals surface area (Å²) in [7, 11) is 0. The minimum absolute atomic E-state index is 0.162. The molecule has 10 heavy (non-hydrogen) atoms. The number of hydrogen-bond acceptors (Lipinski definition) is 3. The summed E-state index contributed by atoms with van der Waals surface area (Å²) in [6, 6.07) is 0. The van der Waals surface area contributed by atoms with Gasteiger partial charge in [-0.15, -0.1) is 0 Å². The lowest BCUT2D eigenvalue weighted by Gasteiger charge is -2.13. The van der Waals surface area contributed by atoms with Crippen LogP contribution in [-0.4, -0.2) is 25.3 Å². The lowest BCUT2D eigenvalue weighted by atomic mass is 10.5. The van der Waals surface area contributed by atoms with E-state index in [-0.39, 0.29) is 12.2 Å². The molecule has 0 aliphatic carbocycles. The van der Waals surface area contributed by atoms with E-state index in [2.05, 4.69) is 0 Å². The molecule has 0 radical (unpaired) electrons. The number of hydrogen-bond donors (Lipinski definition) is 0. The number of ether oxygens (including phenoxy) is 3. The zero-order valence-corrected chi connectivity index (χ0v) is 6.66. The largest absolute Gasteiger partial charge is 0.327 e. The lowest BCUT2D eigenvalue weighted by Crippen LogP contribution is -2.18. The maximum atomic E-state index is 5.24. The Kier molecular flexibility index (Phi) is 2.65. The molecule has 1 fully saturated rings. The number of rotatable bonds is 2. The Bertz CT molecular complexity index is 103. The minimum atomic E-state index is -0.435. The van der Waals surface area contributed by atoms with Gasteiger partial charge in [-0.25, -0.2) is 0 Å². The van der Waals surface area contributed by atoms with Crippen LogP contribution >= 0.6 is 0 Å². The van der Waals surface area contributed by atoms with Gasteiger partial charge in [-0.1, -0.05) is 0 Å². The topological polar surface area (TPSA) is 27.7 Å². The van der Waals surface area contributed by atoms with E-state index in [0.717, 1.165) is 0 Å². The Labute approximate surface area is 61.3 Å². The van der Waals surface area contributed by atoms with Gasteiger partial charge >= 0.3 is 0 Å². The van der Waals surface area contributed by atoms with E-state index in [1.54, 1.807) is 0 Å². The zero-order valence-electron chi connectivity index (χ0n) is 6.66. The van der Waals surface area contributed by atoms with Gasteiger partial charge in [0.25, 0.3) is 6.48 Å². The van der Waals surface area contributed by atoms with E-state index in [9.17, 15) is 0 Å². The molecule has 0 amide bonds. The first-order valence-electron chi connectivity index (χ1n) is 3.61. The van der Waals surface area contributed by atoms with Gasteiger partial charge in [0.2, 0.25) is 0 Å². The van der Waals surface area contributed by atoms with E-state index >= 15 is 0 Å². The molecule has 0 saturated carbocycles. The molecule has 3 nitrogen and oxygen atoms in total. The highest BCUT2D eigenvalue weighted by Crippen LogP contribution is 2.13. The Balaban J connectivity index is 2.18. The molecule has 1 saturated heterocycles. The Hall–Kier alpha value is -0.120. The summed E-state index contributed by atoms with van der Waals surface area (Å²) >= 11 is 0. The molecular formula is C7H14O3. The highest BCUT2D eigenvalue weighted by molar-refractivity contribution is 4.53. The third-order valence-corrected chi connectivity index (χ3v) is 1.19. The summed E-state index contributed by atoms with van der Waals surface area (Å²) in [5, 5.41) is 0. The van der Waals surface area contributed by atoms with Crippen LogP contribution < -0.4 is 0 Å². The van der Waals surface area contributed by atoms with Crippen LogP contribution in [0.4, 0.5) is 0 Å². The SMILES string of the molecule is CC(C)OC1OCC(C)O1. The second-order valence-corrected chi connectivity index (χ2v) is 2.75. The van der Waals surface area contributed by atoms with Crippen LogP contribution in [0.1, 0.15) is 20.8 Å². The first-order valence-corrected chi connectivity index (χ1v) is 3.61. The molecule has 1 heterocycles. The highest BCUT2D eigenvalue weighted by Gasteiger charge is 2.23. The normalized spacial score (nSPS) is 33.6. The molecule has 2 atom stereocenters. The molecule has 0 N–H and O–H groups in total. The summed E-state index contributed by atoms with van der Waals surface area (Å²) in [5.74, 6) is 0. The van der Waals surface area contributed by atoms with E-state index in [1.165, 1.54) is 0 Å². The molecule has 0 aromatic rings. The molecule has 1 rings (SSSR count). The van der Waals surface area contributed by atoms with Crippen molar-refractivity contribution in [3.63, 3.8) is 0 Å². The maximum Gasteiger partial charge on any atom is 0.272 e. The van der Waals surface area contributed by atoms with Gasteiger partial charge in [0, 0.05) is 0 Å². The third kappa shape index (κ3) is 2.25. The predicted molar refractivity (Wildman–Crippen MR) is 36.5 cm³/mol. The molecule has 0 spiro atoms. The quantitative estimate of drug-likeness (QED) is 0.584. The van der Waals surface area contributed by atoms with Crippen LogP contribution in [0.2, 0.25) is 0 Å². The highest BCUT2D eigenvalue weighted by atomic mass is 16.9. The van der Waals surface area contributed by atoms with Crippen LogP contribution in [0.5, 0.6) is 0 Å². The van der Waals surface area contributed by atoms with Crippen molar-refractivity contribution in [3.8, 4) is 0 Å². The van der Waals surface area contributed by atoms with E-state index in [1.807, 2.05) is 20.8 Å². The predicted octanol–water partition coefficient (Wildman–Crippen LogP) is 1.13. The summed E-state index contributed by atoms with van der Waals surface area (Å²) in [5.41, 5.74) is 0. The second kappa shape index (κ2) is 3.32. The Morgan fingerprint density at radius 3 is 2.60 bits per heavy atom. The molecule has 60 valence electrons. The van der Waals surface area contributed by atoms with Crippen LogP contribution in [0.15, 0.2) is 0 Å². The fourth-order valence-corrected chi connectivity index (χ4v) is 0.776. The van der Waals surface area contributed by atoms with Crippen molar-refractivity contribution in [3.05, 3.63) is 0 Å². The molecule has 0 aromatic carbocycles. The van der Waals surface area contributed by atoms with Gasteiger partial charge in [0.1, 0.15) is 0 Å². The van der Waals surface area contributed by atoms with Gasteiger partial charge in [0.15, 0.2) is 0 Å². The summed E-state index contributed by atoms with van der Waals surface area (Å²) in [6.07, 6.45) is 0.332. The summed E-state index contributed by atoms with van der Waals surface area (Å²) in [6.45, 7) is 6.07. The standard InChI is InChI=1S/C7H14O3/c1-5(2)9-7-8-4-6(3)10-7/h5-7H,4H2,1-3H3. The Morgan fingerprint density at radius 1 is 1.50 bits per heavy atom. The fraction of sp³-hybridized carbons (Fsp3) is 1.00. The van der Waals surface area contributed by atoms with Gasteiger partial charge in [-0.2, -0.15) is 0 Å². The fourth-order valence-electron chi connectivity index (χ4n) is 0.776. The molecule has 0 bridgehead atoms. The zero-order chi connectivity index (χ0) is 7.56. The first-order chi connectivity index (χ1) is 4.68. The van der Waals surface area contributed by atoms with Crippen LogP contribution in [0.25, 0.3) is 0 Å². The van der Waals surface area contributed by atoms with Crippen molar-refractivity contribution < 1.29 is 14.2 Å². The first kappa shape index (κ1) is 7.98. The lowest BCUT2D eigenvalue weighted by molar-refractivity contribution is -0.251. The van der Waals surface area contributed by atoms with Gasteiger partial charge < -0.3 is 14.2 Å². The average Bonchev–Trinajstić information content (AvgIpc) is 2.13. The molecule has 1 aliphatic rings. The van der Waals surface area contributed by atoms with Crippen LogP contribution in [-0.2, 0) is 14.2 Å². The summed E-state index contributed by atoms with van der Waals surface area (Å²) < 4.78 is 15.6. The van der Waals surface area contributed by atoms with Crippen molar-refractivity contribution >= 4 is 0 Å². The van der Waals surface area contributed by atoms with Crippen molar-refractivity contribution in [1.82, 2.24) is 0 Å². The van der Waals surface area contributed by atoms with E-state index < -0.39 is 6.48 Å². The monoisotopic (exact) mass is 146 g/mol. The third-order valence-electron chi connectivity index (χ3n) is 1.19. The smallest absolute Gasteiger partial charge is 0.272 e. The van der Waals surface area contributed by atoms with E-state index in [0.29, 0.717) is 6.61 Å². The molecule has 2 unspecified atom stereocenters. The van der Waals surface area contributed by atoms with Crippen molar-refractivity contribution in [2.75, 3.05) is 6.61 Å². The second-order valence-electron chi connectivity index (χ2n) is 2.75. The average molecular weight is 146 g/mol. The maximum absolute atomic E-state index is 5.24. The van der Waals surface area contributed by atoms with Gasteiger partial charge in [-0.05, 0) is 20.8 Å². The van der Waals surface area contributed by atoms with Gasteiger partial charge in [-0.3, -0.25) is 0 Å². The molecule has 3 heteroatoms. The van der Waals surface area contributed by atoms with Crippen LogP contribution in [0.3, 0.4) is 0 Å². The van der Waals surface area contributed by atoms with Crippen molar-refractivity contribution in [2.24, 2.45) is 0 Å². The van der Waals surface area contributed by atoms with Gasteiger partial charge in [0.05, 0.1) is 18.8 Å². The molecule has 0 aromatic heterocycles. The van der Waals surface area contributed by atoms with E-state index in [4.69, 9.17) is 14.2 Å². The Morgan fingerprint density at radius 2 is 2.20 bits per heavy atom. The van der Waals surface area contributed by atoms with Crippen molar-refractivity contribution in [1.29, 1.82) is 0 Å². The summed E-state index contributed by atoms with van der Waals surface area (Å²) in [4.78, 5) is 0. The minimum Gasteiger partial charge on any atom is -0.327 e. The molecular weight excluding hydrogens is 132 g/mol. The van der Waals surface area contributed by atoms with Crippen LogP contribution in [0, 0.1) is 0 Å². The molecule has 1 aliphatic heterocycles. The van der Waals surface area contributed by atoms with Crippen molar-refractivity contribution in [2.45, 2.75) is 39.5 Å².